The van der Waals surface area contributed by atoms with Crippen molar-refractivity contribution in [3.63, 3.8) is 0 Å². The van der Waals surface area contributed by atoms with E-state index in [1.165, 1.54) is 60.3 Å². The lowest BCUT2D eigenvalue weighted by Gasteiger charge is -2.27. The zero-order chi connectivity index (χ0) is 22.0. The number of ether oxygens (including phenoxy) is 1. The topological polar surface area (TPSA) is 15.7 Å². The maximum atomic E-state index is 12.3. The fourth-order valence-electron chi connectivity index (χ4n) is 5.06. The molecule has 4 rings (SSSR count). The van der Waals surface area contributed by atoms with E-state index in [0.29, 0.717) is 6.04 Å². The summed E-state index contributed by atoms with van der Waals surface area (Å²) in [6, 6.07) is 11.6. The molecule has 0 saturated heterocycles. The van der Waals surface area contributed by atoms with E-state index in [2.05, 4.69) is 40.5 Å². The van der Waals surface area contributed by atoms with Gasteiger partial charge in [0, 0.05) is 25.7 Å². The maximum absolute atomic E-state index is 12.3. The van der Waals surface area contributed by atoms with Crippen LogP contribution in [0.1, 0.15) is 54.5 Å². The molecule has 31 heavy (non-hydrogen) atoms. The molecule has 1 heterocycles. The van der Waals surface area contributed by atoms with Crippen LogP contribution in [0.25, 0.3) is 0 Å². The van der Waals surface area contributed by atoms with Gasteiger partial charge in [0.05, 0.1) is 0 Å². The number of hydrogen-bond donors (Lipinski definition) is 0. The van der Waals surface area contributed by atoms with Gasteiger partial charge in [-0.15, -0.1) is 13.2 Å². The van der Waals surface area contributed by atoms with Gasteiger partial charge in [-0.1, -0.05) is 38.1 Å². The van der Waals surface area contributed by atoms with Crippen molar-refractivity contribution < 1.29 is 17.9 Å². The monoisotopic (exact) mass is 432 g/mol. The fourth-order valence-corrected chi connectivity index (χ4v) is 5.06. The van der Waals surface area contributed by atoms with Crippen LogP contribution in [-0.4, -0.2) is 35.3 Å². The van der Waals surface area contributed by atoms with Crippen LogP contribution in [-0.2, 0) is 32.5 Å². The molecule has 0 atom stereocenters. The molecule has 1 aliphatic heterocycles. The second kappa shape index (κ2) is 9.21. The molecular weight excluding hydrogens is 401 g/mol. The summed E-state index contributed by atoms with van der Waals surface area (Å²) in [7, 11) is 0. The Hall–Kier alpha value is -2.05. The standard InChI is InChI=1S/C25H31F3N2O/c1-3-9-30(10-4-2)23-13-19-11-21-16-29(17-22(21)12-20(19)14-23)15-18-5-7-24(8-6-18)31-25(26,27)28/h5-8,11-12,23H,3-4,9-10,13-17H2,1-2H3. The summed E-state index contributed by atoms with van der Waals surface area (Å²) in [5.74, 6) is -0.174. The lowest BCUT2D eigenvalue weighted by molar-refractivity contribution is -0.274. The highest BCUT2D eigenvalue weighted by atomic mass is 19.4. The second-order valence-electron chi connectivity index (χ2n) is 8.82. The number of benzene rings is 2. The van der Waals surface area contributed by atoms with Gasteiger partial charge < -0.3 is 4.74 Å². The van der Waals surface area contributed by atoms with Crippen LogP contribution in [0.5, 0.6) is 5.75 Å². The van der Waals surface area contributed by atoms with E-state index in [-0.39, 0.29) is 5.75 Å². The molecule has 2 aromatic rings. The summed E-state index contributed by atoms with van der Waals surface area (Å²) in [6.45, 7) is 9.35. The van der Waals surface area contributed by atoms with Gasteiger partial charge in [0.1, 0.15) is 5.75 Å². The first kappa shape index (κ1) is 22.2. The van der Waals surface area contributed by atoms with E-state index in [0.717, 1.165) is 38.0 Å². The molecule has 2 aromatic carbocycles. The summed E-state index contributed by atoms with van der Waals surface area (Å²) in [4.78, 5) is 5.00. The first-order valence-corrected chi connectivity index (χ1v) is 11.3. The molecule has 0 unspecified atom stereocenters. The van der Waals surface area contributed by atoms with Gasteiger partial charge in [-0.25, -0.2) is 0 Å². The SMILES string of the molecule is CCCN(CCC)C1Cc2cc3c(cc2C1)CN(Cc1ccc(OC(F)(F)F)cc1)C3. The average Bonchev–Trinajstić information content (AvgIpc) is 3.28. The van der Waals surface area contributed by atoms with Gasteiger partial charge in [0.2, 0.25) is 0 Å². The highest BCUT2D eigenvalue weighted by molar-refractivity contribution is 5.44. The molecule has 168 valence electrons. The molecule has 0 fully saturated rings. The van der Waals surface area contributed by atoms with Crippen molar-refractivity contribution in [3.8, 4) is 5.75 Å². The smallest absolute Gasteiger partial charge is 0.406 e. The largest absolute Gasteiger partial charge is 0.573 e. The van der Waals surface area contributed by atoms with E-state index < -0.39 is 6.36 Å². The van der Waals surface area contributed by atoms with E-state index >= 15 is 0 Å². The van der Waals surface area contributed by atoms with Crippen LogP contribution in [0.4, 0.5) is 13.2 Å². The van der Waals surface area contributed by atoms with Gasteiger partial charge in [0.15, 0.2) is 0 Å². The fraction of sp³-hybridized carbons (Fsp3) is 0.520. The third-order valence-corrected chi connectivity index (χ3v) is 6.32. The molecular formula is C25H31F3N2O. The minimum Gasteiger partial charge on any atom is -0.406 e. The Balaban J connectivity index is 1.37. The average molecular weight is 433 g/mol. The van der Waals surface area contributed by atoms with Crippen LogP contribution < -0.4 is 4.74 Å². The first-order valence-electron chi connectivity index (χ1n) is 11.3. The van der Waals surface area contributed by atoms with Gasteiger partial charge in [-0.05, 0) is 78.7 Å². The van der Waals surface area contributed by atoms with Crippen molar-refractivity contribution in [2.45, 2.75) is 71.6 Å². The number of hydrogen-bond acceptors (Lipinski definition) is 3. The zero-order valence-electron chi connectivity index (χ0n) is 18.3. The van der Waals surface area contributed by atoms with Crippen LogP contribution in [0.15, 0.2) is 36.4 Å². The first-order chi connectivity index (χ1) is 14.8. The Morgan fingerprint density at radius 1 is 0.903 bits per heavy atom. The van der Waals surface area contributed by atoms with Crippen LogP contribution in [0, 0.1) is 0 Å². The van der Waals surface area contributed by atoms with E-state index in [9.17, 15) is 13.2 Å². The molecule has 3 nitrogen and oxygen atoms in total. The normalized spacial score (nSPS) is 16.7. The lowest BCUT2D eigenvalue weighted by Crippen LogP contribution is -2.37. The molecule has 0 bridgehead atoms. The Labute approximate surface area is 182 Å². The minimum atomic E-state index is -4.65. The van der Waals surface area contributed by atoms with Gasteiger partial charge in [-0.3, -0.25) is 9.80 Å². The Morgan fingerprint density at radius 3 is 1.94 bits per heavy atom. The number of alkyl halides is 3. The number of fused-ring (bicyclic) bond motifs is 2. The Kier molecular flexibility index (Phi) is 6.58. The van der Waals surface area contributed by atoms with Crippen molar-refractivity contribution in [2.75, 3.05) is 13.1 Å². The quantitative estimate of drug-likeness (QED) is 0.533. The molecule has 0 aromatic heterocycles. The molecule has 6 heteroatoms. The van der Waals surface area contributed by atoms with Gasteiger partial charge in [0.25, 0.3) is 0 Å². The predicted molar refractivity (Wildman–Crippen MR) is 116 cm³/mol. The van der Waals surface area contributed by atoms with Gasteiger partial charge in [-0.2, -0.15) is 0 Å². The summed E-state index contributed by atoms with van der Waals surface area (Å²) in [6.07, 6.45) is 0.0252. The van der Waals surface area contributed by atoms with Crippen LogP contribution in [0.2, 0.25) is 0 Å². The molecule has 1 aliphatic carbocycles. The van der Waals surface area contributed by atoms with E-state index in [1.54, 1.807) is 12.1 Å². The summed E-state index contributed by atoms with van der Waals surface area (Å²) in [5.41, 5.74) is 6.78. The van der Waals surface area contributed by atoms with Gasteiger partial charge >= 0.3 is 6.36 Å². The maximum Gasteiger partial charge on any atom is 0.573 e. The third kappa shape index (κ3) is 5.42. The highest BCUT2D eigenvalue weighted by Crippen LogP contribution is 2.33. The van der Waals surface area contributed by atoms with Crippen molar-refractivity contribution in [3.05, 3.63) is 64.2 Å². The van der Waals surface area contributed by atoms with Crippen molar-refractivity contribution in [1.29, 1.82) is 0 Å². The summed E-state index contributed by atoms with van der Waals surface area (Å²) >= 11 is 0. The van der Waals surface area contributed by atoms with E-state index in [1.807, 2.05) is 0 Å². The highest BCUT2D eigenvalue weighted by Gasteiger charge is 2.31. The summed E-state index contributed by atoms with van der Waals surface area (Å²) in [5, 5.41) is 0. The zero-order valence-corrected chi connectivity index (χ0v) is 18.3. The number of nitrogens with zero attached hydrogens (tertiary/aromatic N) is 2. The van der Waals surface area contributed by atoms with Crippen molar-refractivity contribution >= 4 is 0 Å². The second-order valence-corrected chi connectivity index (χ2v) is 8.82. The van der Waals surface area contributed by atoms with E-state index in [4.69, 9.17) is 0 Å². The van der Waals surface area contributed by atoms with Crippen molar-refractivity contribution in [1.82, 2.24) is 9.80 Å². The van der Waals surface area contributed by atoms with Crippen LogP contribution in [0.3, 0.4) is 0 Å². The Bertz CT molecular complexity index is 854. The Morgan fingerprint density at radius 2 is 1.45 bits per heavy atom. The number of rotatable bonds is 8. The molecule has 2 aliphatic rings. The lowest BCUT2D eigenvalue weighted by atomic mass is 10.0. The molecule has 0 spiro atoms. The summed E-state index contributed by atoms with van der Waals surface area (Å²) < 4.78 is 41.0. The molecule has 0 amide bonds. The molecule has 0 saturated carbocycles. The predicted octanol–water partition coefficient (Wildman–Crippen LogP) is 5.69. The van der Waals surface area contributed by atoms with Crippen LogP contribution >= 0.6 is 0 Å². The third-order valence-electron chi connectivity index (χ3n) is 6.32. The molecule has 0 N–H and O–H groups in total. The number of halogens is 3. The van der Waals surface area contributed by atoms with Crippen molar-refractivity contribution in [2.24, 2.45) is 0 Å². The molecule has 0 radical (unpaired) electrons. The minimum absolute atomic E-state index is 0.174.